The van der Waals surface area contributed by atoms with Crippen molar-refractivity contribution in [3.8, 4) is 22.9 Å². The van der Waals surface area contributed by atoms with E-state index in [2.05, 4.69) is 15.0 Å². The minimum Gasteiger partial charge on any atom is -0.457 e. The number of hydrogen-bond donors (Lipinski definition) is 2. The first kappa shape index (κ1) is 16.5. The third-order valence-corrected chi connectivity index (χ3v) is 5.27. The largest absolute Gasteiger partial charge is 0.457 e. The van der Waals surface area contributed by atoms with Crippen LogP contribution in [0.15, 0.2) is 71.5 Å². The lowest BCUT2D eigenvalue weighted by Gasteiger charge is -2.07. The van der Waals surface area contributed by atoms with Crippen molar-refractivity contribution in [2.24, 2.45) is 0 Å². The van der Waals surface area contributed by atoms with Gasteiger partial charge in [-0.3, -0.25) is 4.79 Å². The van der Waals surface area contributed by atoms with Gasteiger partial charge < -0.3 is 15.5 Å². The quantitative estimate of drug-likeness (QED) is 0.473. The van der Waals surface area contributed by atoms with Gasteiger partial charge in [0.15, 0.2) is 5.13 Å². The Balaban J connectivity index is 1.54. The molecular weight excluding hydrogens is 372 g/mol. The zero-order valence-corrected chi connectivity index (χ0v) is 15.4. The molecule has 3 N–H and O–H groups in total. The van der Waals surface area contributed by atoms with Gasteiger partial charge in [0.1, 0.15) is 17.3 Å². The fourth-order valence-corrected chi connectivity index (χ4v) is 3.94. The maximum absolute atomic E-state index is 12.7. The minimum atomic E-state index is -0.209. The number of nitrogens with two attached hydrogens (primary N) is 1. The average Bonchev–Trinajstić information content (AvgIpc) is 3.09. The van der Waals surface area contributed by atoms with Crippen LogP contribution in [0.1, 0.15) is 0 Å². The van der Waals surface area contributed by atoms with E-state index in [0.29, 0.717) is 33.1 Å². The zero-order valence-electron chi connectivity index (χ0n) is 14.5. The Bertz CT molecular complexity index is 1360. The molecule has 3 aromatic carbocycles. The van der Waals surface area contributed by atoms with Gasteiger partial charge in [-0.15, -0.1) is 0 Å². The van der Waals surface area contributed by atoms with Crippen LogP contribution in [-0.4, -0.2) is 15.0 Å². The molecule has 0 bridgehead atoms. The molecule has 0 aliphatic heterocycles. The Morgan fingerprint density at radius 1 is 0.857 bits per heavy atom. The fourth-order valence-electron chi connectivity index (χ4n) is 3.07. The second-order valence-electron chi connectivity index (χ2n) is 6.21. The van der Waals surface area contributed by atoms with Gasteiger partial charge in [-0.25, -0.2) is 9.97 Å². The summed E-state index contributed by atoms with van der Waals surface area (Å²) in [5.41, 5.74) is 7.69. The summed E-state index contributed by atoms with van der Waals surface area (Å²) in [6.45, 7) is 0. The fraction of sp³-hybridized carbons (Fsp3) is 0. The van der Waals surface area contributed by atoms with Crippen LogP contribution in [0, 0.1) is 0 Å². The maximum Gasteiger partial charge on any atom is 0.260 e. The molecule has 5 rings (SSSR count). The number of aromatic nitrogens is 3. The number of benzene rings is 3. The Hall–Kier alpha value is -3.71. The van der Waals surface area contributed by atoms with E-state index in [1.54, 1.807) is 6.07 Å². The number of para-hydroxylation sites is 1. The number of rotatable bonds is 3. The third-order valence-electron chi connectivity index (χ3n) is 4.35. The highest BCUT2D eigenvalue weighted by Gasteiger charge is 2.12. The molecule has 0 atom stereocenters. The topological polar surface area (TPSA) is 93.9 Å². The number of ether oxygens (including phenoxy) is 1. The molecule has 5 aromatic rings. The van der Waals surface area contributed by atoms with Crippen LogP contribution in [0.5, 0.6) is 11.5 Å². The van der Waals surface area contributed by atoms with Crippen LogP contribution in [0.4, 0.5) is 5.13 Å². The van der Waals surface area contributed by atoms with Crippen molar-refractivity contribution in [2.45, 2.75) is 0 Å². The smallest absolute Gasteiger partial charge is 0.260 e. The molecule has 6 nitrogen and oxygen atoms in total. The molecule has 2 heterocycles. The first-order valence-electron chi connectivity index (χ1n) is 8.60. The van der Waals surface area contributed by atoms with Crippen LogP contribution in [0.2, 0.25) is 0 Å². The molecule has 0 aliphatic carbocycles. The maximum atomic E-state index is 12.7. The average molecular weight is 386 g/mol. The van der Waals surface area contributed by atoms with Crippen molar-refractivity contribution < 1.29 is 4.74 Å². The molecule has 2 aromatic heterocycles. The van der Waals surface area contributed by atoms with Crippen LogP contribution in [-0.2, 0) is 0 Å². The molecular formula is C21H14N4O2S. The molecule has 0 aliphatic rings. The standard InChI is InChI=1S/C21H14N4O2S/c22-21-24-16-11-10-15-17(18(16)28-21)20(26)25-19(23-15)12-6-8-14(9-7-12)27-13-4-2-1-3-5-13/h1-11H,(H2,22,24)(H,23,25,26). The summed E-state index contributed by atoms with van der Waals surface area (Å²) >= 11 is 1.29. The van der Waals surface area contributed by atoms with Crippen LogP contribution >= 0.6 is 11.3 Å². The number of nitrogens with one attached hydrogen (secondary N) is 1. The van der Waals surface area contributed by atoms with Crippen molar-refractivity contribution in [3.63, 3.8) is 0 Å². The summed E-state index contributed by atoms with van der Waals surface area (Å²) in [4.78, 5) is 24.4. The molecule has 0 saturated carbocycles. The highest BCUT2D eigenvalue weighted by atomic mass is 32.1. The number of nitrogen functional groups attached to an aromatic ring is 1. The van der Waals surface area contributed by atoms with E-state index in [1.165, 1.54) is 11.3 Å². The highest BCUT2D eigenvalue weighted by molar-refractivity contribution is 7.22. The lowest BCUT2D eigenvalue weighted by Crippen LogP contribution is -2.09. The summed E-state index contributed by atoms with van der Waals surface area (Å²) in [7, 11) is 0. The van der Waals surface area contributed by atoms with E-state index in [9.17, 15) is 4.79 Å². The molecule has 0 radical (unpaired) electrons. The molecule has 7 heteroatoms. The Kier molecular flexibility index (Phi) is 3.80. The van der Waals surface area contributed by atoms with E-state index < -0.39 is 0 Å². The predicted octanol–water partition coefficient (Wildman–Crippen LogP) is 4.57. The molecule has 0 unspecified atom stereocenters. The van der Waals surface area contributed by atoms with Crippen molar-refractivity contribution in [1.82, 2.24) is 15.0 Å². The number of anilines is 1. The summed E-state index contributed by atoms with van der Waals surface area (Å²) in [5, 5.41) is 0.944. The van der Waals surface area contributed by atoms with E-state index >= 15 is 0 Å². The van der Waals surface area contributed by atoms with Gasteiger partial charge in [0.05, 0.1) is 21.1 Å². The van der Waals surface area contributed by atoms with Crippen molar-refractivity contribution in [2.75, 3.05) is 5.73 Å². The molecule has 0 spiro atoms. The van der Waals surface area contributed by atoms with Gasteiger partial charge in [0.2, 0.25) is 0 Å². The zero-order chi connectivity index (χ0) is 19.1. The van der Waals surface area contributed by atoms with Gasteiger partial charge in [0.25, 0.3) is 5.56 Å². The van der Waals surface area contributed by atoms with Crippen molar-refractivity contribution >= 4 is 37.6 Å². The number of hydrogen-bond acceptors (Lipinski definition) is 6. The lowest BCUT2D eigenvalue weighted by atomic mass is 10.2. The first-order valence-corrected chi connectivity index (χ1v) is 9.41. The normalized spacial score (nSPS) is 11.1. The van der Waals surface area contributed by atoms with Gasteiger partial charge in [-0.05, 0) is 48.5 Å². The molecule has 0 saturated heterocycles. The number of H-pyrrole nitrogens is 1. The predicted molar refractivity (Wildman–Crippen MR) is 112 cm³/mol. The second-order valence-corrected chi connectivity index (χ2v) is 7.24. The van der Waals surface area contributed by atoms with Crippen molar-refractivity contribution in [3.05, 3.63) is 77.1 Å². The third kappa shape index (κ3) is 2.87. The van der Waals surface area contributed by atoms with E-state index in [0.717, 1.165) is 16.0 Å². The van der Waals surface area contributed by atoms with Gasteiger partial charge in [-0.2, -0.15) is 0 Å². The minimum absolute atomic E-state index is 0.209. The molecule has 136 valence electrons. The monoisotopic (exact) mass is 386 g/mol. The van der Waals surface area contributed by atoms with E-state index in [4.69, 9.17) is 10.5 Å². The van der Waals surface area contributed by atoms with Gasteiger partial charge in [-0.1, -0.05) is 29.5 Å². The van der Waals surface area contributed by atoms with Gasteiger partial charge >= 0.3 is 0 Å². The highest BCUT2D eigenvalue weighted by Crippen LogP contribution is 2.30. The number of thiazole rings is 1. The van der Waals surface area contributed by atoms with Crippen molar-refractivity contribution in [1.29, 1.82) is 0 Å². The SMILES string of the molecule is Nc1nc2ccc3nc(-c4ccc(Oc5ccccc5)cc4)[nH]c(=O)c3c2s1. The van der Waals surface area contributed by atoms with Gasteiger partial charge in [0, 0.05) is 5.56 Å². The van der Waals surface area contributed by atoms with E-state index in [1.807, 2.05) is 60.7 Å². The van der Waals surface area contributed by atoms with Crippen LogP contribution in [0.25, 0.3) is 32.5 Å². The Morgan fingerprint density at radius 2 is 1.57 bits per heavy atom. The summed E-state index contributed by atoms with van der Waals surface area (Å²) < 4.78 is 6.56. The van der Waals surface area contributed by atoms with Crippen LogP contribution in [0.3, 0.4) is 0 Å². The second kappa shape index (κ2) is 6.47. The summed E-state index contributed by atoms with van der Waals surface area (Å²) in [5.74, 6) is 1.97. The summed E-state index contributed by atoms with van der Waals surface area (Å²) in [6.07, 6.45) is 0. The number of nitrogens with zero attached hydrogens (tertiary/aromatic N) is 2. The Morgan fingerprint density at radius 3 is 2.36 bits per heavy atom. The lowest BCUT2D eigenvalue weighted by molar-refractivity contribution is 0.483. The summed E-state index contributed by atoms with van der Waals surface area (Å²) in [6, 6.07) is 20.6. The van der Waals surface area contributed by atoms with Crippen LogP contribution < -0.4 is 16.0 Å². The number of fused-ring (bicyclic) bond motifs is 3. The number of aromatic amines is 1. The molecule has 28 heavy (non-hydrogen) atoms. The Labute approximate surface area is 163 Å². The van der Waals surface area contributed by atoms with E-state index in [-0.39, 0.29) is 5.56 Å². The molecule has 0 amide bonds. The first-order chi connectivity index (χ1) is 13.7. The molecule has 0 fully saturated rings.